The van der Waals surface area contributed by atoms with E-state index in [0.29, 0.717) is 21.1 Å². The Morgan fingerprint density at radius 3 is 2.67 bits per heavy atom. The minimum Gasteiger partial charge on any atom is -0.339 e. The van der Waals surface area contributed by atoms with Crippen molar-refractivity contribution in [3.8, 4) is 0 Å². The van der Waals surface area contributed by atoms with Gasteiger partial charge in [-0.2, -0.15) is 0 Å². The molecular weight excluding hydrogens is 382 g/mol. The molecule has 21 heavy (non-hydrogen) atoms. The van der Waals surface area contributed by atoms with Crippen LogP contribution in [0.5, 0.6) is 0 Å². The molecule has 2 fully saturated rings. The molecular formula is C16H20FIN2O. The zero-order chi connectivity index (χ0) is 14.8. The zero-order valence-electron chi connectivity index (χ0n) is 11.9. The predicted octanol–water partition coefficient (Wildman–Crippen LogP) is 3.03. The molecule has 1 aromatic rings. The Balaban J connectivity index is 1.62. The van der Waals surface area contributed by atoms with E-state index in [1.54, 1.807) is 6.07 Å². The van der Waals surface area contributed by atoms with Gasteiger partial charge in [0.15, 0.2) is 0 Å². The molecule has 1 aromatic carbocycles. The van der Waals surface area contributed by atoms with Crippen molar-refractivity contribution in [3.63, 3.8) is 0 Å². The summed E-state index contributed by atoms with van der Waals surface area (Å²) < 4.78 is 13.8. The Labute approximate surface area is 138 Å². The maximum absolute atomic E-state index is 13.1. The van der Waals surface area contributed by atoms with Gasteiger partial charge in [-0.25, -0.2) is 4.39 Å². The Kier molecular flexibility index (Phi) is 4.78. The third-order valence-corrected chi connectivity index (χ3v) is 5.55. The molecule has 0 aliphatic carbocycles. The molecule has 0 radical (unpaired) electrons. The molecule has 2 aliphatic heterocycles. The van der Waals surface area contributed by atoms with Crippen molar-refractivity contribution in [2.75, 3.05) is 19.6 Å². The molecule has 0 bridgehead atoms. The van der Waals surface area contributed by atoms with E-state index in [-0.39, 0.29) is 11.7 Å². The molecule has 1 atom stereocenters. The number of hydrogen-bond acceptors (Lipinski definition) is 2. The fourth-order valence-corrected chi connectivity index (χ4v) is 4.16. The lowest BCUT2D eigenvalue weighted by atomic mass is 9.88. The van der Waals surface area contributed by atoms with Gasteiger partial charge in [-0.15, -0.1) is 0 Å². The molecule has 2 aliphatic rings. The standard InChI is InChI=1S/C16H20FIN2O/c17-12-3-4-13(14(18)10-12)16(21)20-8-5-11(6-9-20)15-2-1-7-19-15/h3-4,10-11,15,19H,1-2,5-9H2. The first-order chi connectivity index (χ1) is 10.1. The third kappa shape index (κ3) is 3.39. The molecule has 114 valence electrons. The number of amides is 1. The van der Waals surface area contributed by atoms with Crippen molar-refractivity contribution < 1.29 is 9.18 Å². The highest BCUT2D eigenvalue weighted by molar-refractivity contribution is 14.1. The average Bonchev–Trinajstić information content (AvgIpc) is 3.01. The SMILES string of the molecule is O=C(c1ccc(F)cc1I)N1CCC(C2CCCN2)CC1. The third-order valence-electron chi connectivity index (χ3n) is 4.66. The maximum atomic E-state index is 13.1. The quantitative estimate of drug-likeness (QED) is 0.772. The fraction of sp³-hybridized carbons (Fsp3) is 0.562. The summed E-state index contributed by atoms with van der Waals surface area (Å²) in [4.78, 5) is 14.5. The molecule has 2 saturated heterocycles. The summed E-state index contributed by atoms with van der Waals surface area (Å²) in [6.07, 6.45) is 4.69. The van der Waals surface area contributed by atoms with Gasteiger partial charge in [0.1, 0.15) is 5.82 Å². The summed E-state index contributed by atoms with van der Waals surface area (Å²) in [5, 5.41) is 3.57. The Morgan fingerprint density at radius 2 is 2.05 bits per heavy atom. The normalized spacial score (nSPS) is 23.5. The molecule has 3 rings (SSSR count). The van der Waals surface area contributed by atoms with Crippen LogP contribution in [-0.4, -0.2) is 36.5 Å². The minimum atomic E-state index is -0.290. The molecule has 1 amide bonds. The van der Waals surface area contributed by atoms with Crippen LogP contribution in [-0.2, 0) is 0 Å². The fourth-order valence-electron chi connectivity index (χ4n) is 3.45. The second-order valence-electron chi connectivity index (χ2n) is 5.96. The number of piperidine rings is 1. The highest BCUT2D eigenvalue weighted by atomic mass is 127. The van der Waals surface area contributed by atoms with E-state index in [4.69, 9.17) is 0 Å². The van der Waals surface area contributed by atoms with E-state index >= 15 is 0 Å². The summed E-state index contributed by atoms with van der Waals surface area (Å²) in [5.74, 6) is 0.447. The molecule has 1 unspecified atom stereocenters. The van der Waals surface area contributed by atoms with Gasteiger partial charge in [0, 0.05) is 22.7 Å². The van der Waals surface area contributed by atoms with Gasteiger partial charge in [-0.1, -0.05) is 0 Å². The van der Waals surface area contributed by atoms with Gasteiger partial charge in [0.05, 0.1) is 5.56 Å². The van der Waals surface area contributed by atoms with E-state index in [1.165, 1.54) is 25.0 Å². The van der Waals surface area contributed by atoms with Crippen molar-refractivity contribution in [2.24, 2.45) is 5.92 Å². The van der Waals surface area contributed by atoms with Gasteiger partial charge in [0.2, 0.25) is 0 Å². The second-order valence-corrected chi connectivity index (χ2v) is 7.12. The summed E-state index contributed by atoms with van der Waals surface area (Å²) in [7, 11) is 0. The number of carbonyl (C=O) groups excluding carboxylic acids is 1. The molecule has 2 heterocycles. The number of halogens is 2. The van der Waals surface area contributed by atoms with Gasteiger partial charge >= 0.3 is 0 Å². The van der Waals surface area contributed by atoms with E-state index in [1.807, 2.05) is 27.5 Å². The van der Waals surface area contributed by atoms with Crippen LogP contribution in [0.4, 0.5) is 4.39 Å². The van der Waals surface area contributed by atoms with Gasteiger partial charge < -0.3 is 10.2 Å². The van der Waals surface area contributed by atoms with Crippen molar-refractivity contribution in [1.29, 1.82) is 0 Å². The monoisotopic (exact) mass is 402 g/mol. The van der Waals surface area contributed by atoms with Crippen LogP contribution >= 0.6 is 22.6 Å². The van der Waals surface area contributed by atoms with Crippen LogP contribution in [0, 0.1) is 15.3 Å². The average molecular weight is 402 g/mol. The first-order valence-electron chi connectivity index (χ1n) is 7.63. The lowest BCUT2D eigenvalue weighted by molar-refractivity contribution is 0.0673. The molecule has 1 N–H and O–H groups in total. The predicted molar refractivity (Wildman–Crippen MR) is 88.8 cm³/mol. The van der Waals surface area contributed by atoms with Gasteiger partial charge in [0.25, 0.3) is 5.91 Å². The van der Waals surface area contributed by atoms with Gasteiger partial charge in [-0.05, 0) is 78.9 Å². The Hall–Kier alpha value is -0.690. The van der Waals surface area contributed by atoms with Crippen LogP contribution in [0.1, 0.15) is 36.0 Å². The van der Waals surface area contributed by atoms with Crippen LogP contribution in [0.15, 0.2) is 18.2 Å². The van der Waals surface area contributed by atoms with Crippen LogP contribution < -0.4 is 5.32 Å². The van der Waals surface area contributed by atoms with E-state index < -0.39 is 0 Å². The molecule has 0 saturated carbocycles. The van der Waals surface area contributed by atoms with Crippen molar-refractivity contribution >= 4 is 28.5 Å². The molecule has 0 spiro atoms. The number of nitrogens with zero attached hydrogens (tertiary/aromatic N) is 1. The first-order valence-corrected chi connectivity index (χ1v) is 8.71. The first kappa shape index (κ1) is 15.2. The number of benzene rings is 1. The van der Waals surface area contributed by atoms with Gasteiger partial charge in [-0.3, -0.25) is 4.79 Å². The van der Waals surface area contributed by atoms with Crippen LogP contribution in [0.3, 0.4) is 0 Å². The smallest absolute Gasteiger partial charge is 0.254 e. The molecule has 5 heteroatoms. The van der Waals surface area contributed by atoms with E-state index in [2.05, 4.69) is 5.32 Å². The van der Waals surface area contributed by atoms with Crippen molar-refractivity contribution in [3.05, 3.63) is 33.1 Å². The lowest BCUT2D eigenvalue weighted by Gasteiger charge is -2.35. The summed E-state index contributed by atoms with van der Waals surface area (Å²) in [5.41, 5.74) is 0.620. The minimum absolute atomic E-state index is 0.0391. The topological polar surface area (TPSA) is 32.3 Å². The summed E-state index contributed by atoms with van der Waals surface area (Å²) >= 11 is 2.03. The Morgan fingerprint density at radius 1 is 1.29 bits per heavy atom. The van der Waals surface area contributed by atoms with Crippen molar-refractivity contribution in [2.45, 2.75) is 31.7 Å². The Bertz CT molecular complexity index is 523. The summed E-state index contributed by atoms with van der Waals surface area (Å²) in [6, 6.07) is 5.03. The number of nitrogens with one attached hydrogen (secondary N) is 1. The largest absolute Gasteiger partial charge is 0.339 e. The number of carbonyl (C=O) groups is 1. The number of rotatable bonds is 2. The highest BCUT2D eigenvalue weighted by Crippen LogP contribution is 2.27. The highest BCUT2D eigenvalue weighted by Gasteiger charge is 2.30. The van der Waals surface area contributed by atoms with Crippen LogP contribution in [0.2, 0.25) is 0 Å². The molecule has 3 nitrogen and oxygen atoms in total. The van der Waals surface area contributed by atoms with E-state index in [9.17, 15) is 9.18 Å². The number of likely N-dealkylation sites (tertiary alicyclic amines) is 1. The van der Waals surface area contributed by atoms with Crippen LogP contribution in [0.25, 0.3) is 0 Å². The zero-order valence-corrected chi connectivity index (χ0v) is 14.1. The van der Waals surface area contributed by atoms with Crippen molar-refractivity contribution in [1.82, 2.24) is 10.2 Å². The molecule has 0 aromatic heterocycles. The number of hydrogen-bond donors (Lipinski definition) is 1. The second kappa shape index (κ2) is 6.60. The summed E-state index contributed by atoms with van der Waals surface area (Å²) in [6.45, 7) is 2.77. The van der Waals surface area contributed by atoms with E-state index in [0.717, 1.165) is 32.5 Å². The lowest BCUT2D eigenvalue weighted by Crippen LogP contribution is -2.43. The maximum Gasteiger partial charge on any atom is 0.254 e.